The minimum Gasteiger partial charge on any atom is -0.391 e. The predicted octanol–water partition coefficient (Wildman–Crippen LogP) is 3.12. The molecule has 1 aromatic heterocycles. The molecule has 1 aliphatic rings. The van der Waals surface area contributed by atoms with Gasteiger partial charge in [0.2, 0.25) is 5.91 Å². The van der Waals surface area contributed by atoms with Crippen molar-refractivity contribution in [1.82, 2.24) is 10.3 Å². The number of amides is 1. The largest absolute Gasteiger partial charge is 0.391 e. The second-order valence-corrected chi connectivity index (χ2v) is 8.27. The highest BCUT2D eigenvalue weighted by Gasteiger charge is 2.37. The van der Waals surface area contributed by atoms with Crippen LogP contribution >= 0.6 is 11.3 Å². The Morgan fingerprint density at radius 2 is 2.13 bits per heavy atom. The zero-order chi connectivity index (χ0) is 21.8. The minimum atomic E-state index is -0.610. The number of thiazole rings is 1. The Morgan fingerprint density at radius 1 is 1.32 bits per heavy atom. The van der Waals surface area contributed by atoms with E-state index < -0.39 is 12.1 Å². The fourth-order valence-corrected chi connectivity index (χ4v) is 4.55. The lowest BCUT2D eigenvalue weighted by atomic mass is 10.1. The first-order valence-corrected chi connectivity index (χ1v) is 10.8. The number of hydrogen-bond acceptors (Lipinski definition) is 6. The van der Waals surface area contributed by atoms with Crippen LogP contribution < -0.4 is 10.2 Å². The quantitative estimate of drug-likeness (QED) is 0.620. The summed E-state index contributed by atoms with van der Waals surface area (Å²) < 4.78 is 13.3. The number of halogens is 1. The van der Waals surface area contributed by atoms with Crippen LogP contribution in [0.2, 0.25) is 0 Å². The summed E-state index contributed by atoms with van der Waals surface area (Å²) in [5.74, 6) is -0.473. The number of benzene rings is 2. The molecule has 3 aromatic rings. The van der Waals surface area contributed by atoms with Crippen LogP contribution in [0.15, 0.2) is 53.9 Å². The van der Waals surface area contributed by atoms with Gasteiger partial charge in [0.05, 0.1) is 23.4 Å². The molecule has 0 radical (unpaired) electrons. The Balaban J connectivity index is 1.42. The lowest BCUT2D eigenvalue weighted by Crippen LogP contribution is -2.44. The highest BCUT2D eigenvalue weighted by molar-refractivity contribution is 7.14. The van der Waals surface area contributed by atoms with Gasteiger partial charge in [-0.15, -0.1) is 11.3 Å². The molecule has 4 rings (SSSR count). The van der Waals surface area contributed by atoms with Crippen molar-refractivity contribution in [2.75, 3.05) is 18.0 Å². The summed E-state index contributed by atoms with van der Waals surface area (Å²) in [6, 6.07) is 15.1. The van der Waals surface area contributed by atoms with Crippen LogP contribution in [0.5, 0.6) is 0 Å². The Bertz CT molecular complexity index is 1110. The van der Waals surface area contributed by atoms with Crippen molar-refractivity contribution in [1.29, 1.82) is 5.26 Å². The first-order valence-electron chi connectivity index (χ1n) is 9.96. The van der Waals surface area contributed by atoms with E-state index in [1.54, 1.807) is 18.2 Å². The highest BCUT2D eigenvalue weighted by atomic mass is 32.1. The van der Waals surface area contributed by atoms with Crippen LogP contribution in [0.3, 0.4) is 0 Å². The van der Waals surface area contributed by atoms with Crippen molar-refractivity contribution in [3.05, 3.63) is 70.9 Å². The number of aliphatic hydroxyl groups is 1. The summed E-state index contributed by atoms with van der Waals surface area (Å²) in [7, 11) is 0. The molecule has 2 atom stereocenters. The molecule has 1 amide bonds. The summed E-state index contributed by atoms with van der Waals surface area (Å²) >= 11 is 1.41. The maximum atomic E-state index is 13.3. The first-order chi connectivity index (χ1) is 15.0. The number of carbonyl (C=O) groups is 1. The van der Waals surface area contributed by atoms with Gasteiger partial charge in [0, 0.05) is 30.5 Å². The van der Waals surface area contributed by atoms with Crippen molar-refractivity contribution < 1.29 is 14.3 Å². The third-order valence-corrected chi connectivity index (χ3v) is 6.11. The van der Waals surface area contributed by atoms with Gasteiger partial charge in [-0.3, -0.25) is 4.79 Å². The van der Waals surface area contributed by atoms with Crippen LogP contribution in [0.4, 0.5) is 9.52 Å². The minimum absolute atomic E-state index is 0.178. The monoisotopic (exact) mass is 436 g/mol. The molecule has 2 heterocycles. The van der Waals surface area contributed by atoms with E-state index in [0.29, 0.717) is 36.6 Å². The number of carbonyl (C=O) groups excluding carboxylic acids is 1. The van der Waals surface area contributed by atoms with E-state index in [-0.39, 0.29) is 11.7 Å². The molecule has 0 saturated carbocycles. The average Bonchev–Trinajstić information content (AvgIpc) is 3.41. The van der Waals surface area contributed by atoms with Crippen molar-refractivity contribution >= 4 is 22.4 Å². The zero-order valence-corrected chi connectivity index (χ0v) is 17.5. The number of nitrogens with zero attached hydrogens (tertiary/aromatic N) is 3. The van der Waals surface area contributed by atoms with E-state index >= 15 is 0 Å². The maximum Gasteiger partial charge on any atom is 0.242 e. The van der Waals surface area contributed by atoms with Gasteiger partial charge in [-0.25, -0.2) is 9.37 Å². The van der Waals surface area contributed by atoms with Crippen LogP contribution in [0.1, 0.15) is 17.5 Å². The molecule has 1 aliphatic heterocycles. The summed E-state index contributed by atoms with van der Waals surface area (Å²) in [5, 5.41) is 24.6. The lowest BCUT2D eigenvalue weighted by Gasteiger charge is -2.22. The van der Waals surface area contributed by atoms with Crippen molar-refractivity contribution in [3.63, 3.8) is 0 Å². The predicted molar refractivity (Wildman–Crippen MR) is 117 cm³/mol. The fourth-order valence-electron chi connectivity index (χ4n) is 3.66. The Labute approximate surface area is 183 Å². The molecule has 1 fully saturated rings. The van der Waals surface area contributed by atoms with Gasteiger partial charge in [0.1, 0.15) is 11.9 Å². The van der Waals surface area contributed by atoms with Crippen LogP contribution in [-0.4, -0.2) is 41.2 Å². The lowest BCUT2D eigenvalue weighted by molar-refractivity contribution is -0.122. The number of nitrogens with one attached hydrogen (secondary N) is 1. The van der Waals surface area contributed by atoms with E-state index in [0.717, 1.165) is 16.8 Å². The number of nitriles is 1. The molecular formula is C23H21FN4O2S. The Kier molecular flexibility index (Phi) is 6.26. The van der Waals surface area contributed by atoms with Crippen LogP contribution in [-0.2, 0) is 11.2 Å². The van der Waals surface area contributed by atoms with Gasteiger partial charge in [0.15, 0.2) is 5.13 Å². The number of anilines is 1. The first kappa shape index (κ1) is 21.0. The highest BCUT2D eigenvalue weighted by Crippen LogP contribution is 2.32. The molecule has 2 aromatic carbocycles. The smallest absolute Gasteiger partial charge is 0.242 e. The van der Waals surface area contributed by atoms with E-state index in [9.17, 15) is 14.3 Å². The van der Waals surface area contributed by atoms with E-state index in [1.807, 2.05) is 28.5 Å². The standard InChI is InChI=1S/C23H21FN4O2S/c24-18-3-1-2-15(10-18)8-9-26-22(30)21-11-19(29)13-28(21)23-27-20(14-31-23)17-6-4-16(12-25)5-7-17/h1-7,10,14,19,21,29H,8-9,11,13H2,(H,26,30)/t19?,21-/m0/s1. The number of β-amino-alcohol motifs (C(OH)–C–C–N with tert-alkyl or cyclic N) is 1. The van der Waals surface area contributed by atoms with Crippen molar-refractivity contribution in [2.24, 2.45) is 0 Å². The normalized spacial score (nSPS) is 18.0. The van der Waals surface area contributed by atoms with Gasteiger partial charge in [-0.05, 0) is 36.2 Å². The third kappa shape index (κ3) is 4.90. The number of hydrogen-bond donors (Lipinski definition) is 2. The van der Waals surface area contributed by atoms with Crippen LogP contribution in [0, 0.1) is 17.1 Å². The fraction of sp³-hybridized carbons (Fsp3) is 0.261. The summed E-state index contributed by atoms with van der Waals surface area (Å²) in [4.78, 5) is 19.3. The maximum absolute atomic E-state index is 13.3. The second-order valence-electron chi connectivity index (χ2n) is 7.43. The van der Waals surface area contributed by atoms with Crippen LogP contribution in [0.25, 0.3) is 11.3 Å². The summed E-state index contributed by atoms with van der Waals surface area (Å²) in [6.45, 7) is 0.722. The Morgan fingerprint density at radius 3 is 2.87 bits per heavy atom. The van der Waals surface area contributed by atoms with Gasteiger partial charge >= 0.3 is 0 Å². The molecule has 6 nitrogen and oxygen atoms in total. The molecular weight excluding hydrogens is 415 g/mol. The van der Waals surface area contributed by atoms with E-state index in [4.69, 9.17) is 5.26 Å². The van der Waals surface area contributed by atoms with Gasteiger partial charge < -0.3 is 15.3 Å². The second kappa shape index (κ2) is 9.25. The van der Waals surface area contributed by atoms with Crippen molar-refractivity contribution in [3.8, 4) is 17.3 Å². The molecule has 31 heavy (non-hydrogen) atoms. The zero-order valence-electron chi connectivity index (χ0n) is 16.7. The van der Waals surface area contributed by atoms with E-state index in [1.165, 1.54) is 23.5 Å². The average molecular weight is 437 g/mol. The molecule has 0 spiro atoms. The topological polar surface area (TPSA) is 89.3 Å². The number of rotatable bonds is 6. The van der Waals surface area contributed by atoms with Gasteiger partial charge in [0.25, 0.3) is 0 Å². The molecule has 1 unspecified atom stereocenters. The summed E-state index contributed by atoms with van der Waals surface area (Å²) in [5.41, 5.74) is 3.04. The molecule has 8 heteroatoms. The number of aromatic nitrogens is 1. The number of aliphatic hydroxyl groups excluding tert-OH is 1. The molecule has 2 N–H and O–H groups in total. The van der Waals surface area contributed by atoms with Gasteiger partial charge in [-0.2, -0.15) is 5.26 Å². The van der Waals surface area contributed by atoms with Crippen molar-refractivity contribution in [2.45, 2.75) is 25.0 Å². The SMILES string of the molecule is N#Cc1ccc(-c2csc(N3CC(O)C[C@H]3C(=O)NCCc3cccc(F)c3)n2)cc1. The third-order valence-electron chi connectivity index (χ3n) is 5.23. The van der Waals surface area contributed by atoms with Gasteiger partial charge in [-0.1, -0.05) is 24.3 Å². The van der Waals surface area contributed by atoms with E-state index in [2.05, 4.69) is 16.4 Å². The molecule has 158 valence electrons. The molecule has 0 bridgehead atoms. The summed E-state index contributed by atoms with van der Waals surface area (Å²) in [6.07, 6.45) is 0.248. The molecule has 1 saturated heterocycles. The Hall–Kier alpha value is -3.28. The molecule has 0 aliphatic carbocycles.